The molecule has 3 atom stereocenters. The number of piperidine rings is 1. The molecule has 3 aliphatic rings. The normalized spacial score (nSPS) is 33.8. The van der Waals surface area contributed by atoms with E-state index in [-0.39, 0.29) is 0 Å². The van der Waals surface area contributed by atoms with Crippen LogP contribution in [0.5, 0.6) is 0 Å². The lowest BCUT2D eigenvalue weighted by molar-refractivity contribution is 0.183. The molecule has 3 rings (SSSR count). The zero-order valence-electron chi connectivity index (χ0n) is 14.6. The summed E-state index contributed by atoms with van der Waals surface area (Å²) in [6.07, 6.45) is 8.48. The SMILES string of the molecule is CCN1CCCC(CNC(=NC)N2CC3CCCCC3C2)C1. The molecule has 2 saturated heterocycles. The van der Waals surface area contributed by atoms with Gasteiger partial charge in [-0.1, -0.05) is 19.8 Å². The minimum Gasteiger partial charge on any atom is -0.356 e. The van der Waals surface area contributed by atoms with Gasteiger partial charge in [-0.3, -0.25) is 4.99 Å². The molecule has 4 heteroatoms. The van der Waals surface area contributed by atoms with Gasteiger partial charge >= 0.3 is 0 Å². The summed E-state index contributed by atoms with van der Waals surface area (Å²) in [6, 6.07) is 0. The Bertz CT molecular complexity index is 367. The van der Waals surface area contributed by atoms with Crippen LogP contribution in [-0.4, -0.2) is 62.1 Å². The average molecular weight is 306 g/mol. The third-order valence-electron chi connectivity index (χ3n) is 6.09. The van der Waals surface area contributed by atoms with Gasteiger partial charge in [0.25, 0.3) is 0 Å². The zero-order chi connectivity index (χ0) is 15.4. The van der Waals surface area contributed by atoms with Crippen LogP contribution in [-0.2, 0) is 0 Å². The van der Waals surface area contributed by atoms with Crippen LogP contribution >= 0.6 is 0 Å². The first-order chi connectivity index (χ1) is 10.8. The van der Waals surface area contributed by atoms with Crippen molar-refractivity contribution in [3.8, 4) is 0 Å². The van der Waals surface area contributed by atoms with Crippen LogP contribution in [0.3, 0.4) is 0 Å². The second-order valence-electron chi connectivity index (χ2n) is 7.54. The van der Waals surface area contributed by atoms with Crippen LogP contribution in [0.2, 0.25) is 0 Å². The van der Waals surface area contributed by atoms with E-state index in [1.165, 1.54) is 71.2 Å². The van der Waals surface area contributed by atoms with E-state index in [1.807, 2.05) is 7.05 Å². The number of hydrogen-bond donors (Lipinski definition) is 1. The molecule has 2 aliphatic heterocycles. The molecule has 1 saturated carbocycles. The van der Waals surface area contributed by atoms with E-state index in [4.69, 9.17) is 0 Å². The predicted octanol–water partition coefficient (Wildman–Crippen LogP) is 2.42. The van der Waals surface area contributed by atoms with Crippen molar-refractivity contribution < 1.29 is 0 Å². The van der Waals surface area contributed by atoms with Gasteiger partial charge in [-0.05, 0) is 56.5 Å². The molecule has 0 amide bonds. The third-order valence-corrected chi connectivity index (χ3v) is 6.09. The number of rotatable bonds is 3. The molecular formula is C18H34N4. The maximum atomic E-state index is 4.57. The predicted molar refractivity (Wildman–Crippen MR) is 93.2 cm³/mol. The van der Waals surface area contributed by atoms with Gasteiger partial charge in [-0.2, -0.15) is 0 Å². The first kappa shape index (κ1) is 16.1. The summed E-state index contributed by atoms with van der Waals surface area (Å²) in [7, 11) is 1.95. The van der Waals surface area contributed by atoms with Gasteiger partial charge in [0.1, 0.15) is 0 Å². The fourth-order valence-corrected chi connectivity index (χ4v) is 4.75. The monoisotopic (exact) mass is 306 g/mol. The Labute approximate surface area is 136 Å². The third kappa shape index (κ3) is 3.76. The molecule has 22 heavy (non-hydrogen) atoms. The number of nitrogens with zero attached hydrogens (tertiary/aromatic N) is 3. The van der Waals surface area contributed by atoms with Gasteiger partial charge in [0, 0.05) is 33.2 Å². The molecule has 126 valence electrons. The lowest BCUT2D eigenvalue weighted by atomic mass is 9.82. The fourth-order valence-electron chi connectivity index (χ4n) is 4.75. The molecule has 1 N–H and O–H groups in total. The largest absolute Gasteiger partial charge is 0.356 e. The summed E-state index contributed by atoms with van der Waals surface area (Å²) in [5.74, 6) is 3.80. The molecule has 0 aromatic carbocycles. The Morgan fingerprint density at radius 3 is 2.41 bits per heavy atom. The van der Waals surface area contributed by atoms with Crippen LogP contribution in [0.25, 0.3) is 0 Å². The fraction of sp³-hybridized carbons (Fsp3) is 0.944. The van der Waals surface area contributed by atoms with Gasteiger partial charge in [-0.25, -0.2) is 0 Å². The van der Waals surface area contributed by atoms with Gasteiger partial charge in [0.15, 0.2) is 5.96 Å². The summed E-state index contributed by atoms with van der Waals surface area (Å²) >= 11 is 0. The van der Waals surface area contributed by atoms with Crippen molar-refractivity contribution in [1.29, 1.82) is 0 Å². The molecule has 0 aromatic heterocycles. The molecular weight excluding hydrogens is 272 g/mol. The van der Waals surface area contributed by atoms with Crippen LogP contribution in [0.15, 0.2) is 4.99 Å². The maximum absolute atomic E-state index is 4.57. The highest BCUT2D eigenvalue weighted by atomic mass is 15.3. The molecule has 3 fully saturated rings. The van der Waals surface area contributed by atoms with Crippen LogP contribution in [0.1, 0.15) is 45.4 Å². The van der Waals surface area contributed by atoms with Gasteiger partial charge in [0.2, 0.25) is 0 Å². The van der Waals surface area contributed by atoms with E-state index in [9.17, 15) is 0 Å². The highest BCUT2D eigenvalue weighted by Crippen LogP contribution is 2.35. The Kier molecular flexibility index (Phi) is 5.61. The van der Waals surface area contributed by atoms with Crippen molar-refractivity contribution in [3.05, 3.63) is 0 Å². The van der Waals surface area contributed by atoms with Crippen molar-refractivity contribution in [2.45, 2.75) is 45.4 Å². The van der Waals surface area contributed by atoms with E-state index in [0.29, 0.717) is 0 Å². The summed E-state index contributed by atoms with van der Waals surface area (Å²) in [5.41, 5.74) is 0. The topological polar surface area (TPSA) is 30.9 Å². The van der Waals surface area contributed by atoms with Crippen molar-refractivity contribution in [1.82, 2.24) is 15.1 Å². The van der Waals surface area contributed by atoms with Crippen molar-refractivity contribution in [3.63, 3.8) is 0 Å². The summed E-state index contributed by atoms with van der Waals surface area (Å²) in [6.45, 7) is 9.57. The Morgan fingerprint density at radius 2 is 1.77 bits per heavy atom. The molecule has 4 nitrogen and oxygen atoms in total. The number of nitrogens with one attached hydrogen (secondary N) is 1. The molecule has 0 radical (unpaired) electrons. The Hall–Kier alpha value is -0.770. The highest BCUT2D eigenvalue weighted by molar-refractivity contribution is 5.80. The number of likely N-dealkylation sites (tertiary alicyclic amines) is 2. The minimum absolute atomic E-state index is 0.787. The molecule has 0 aromatic rings. The summed E-state index contributed by atoms with van der Waals surface area (Å²) in [4.78, 5) is 9.68. The molecule has 1 aliphatic carbocycles. The molecule has 3 unspecified atom stereocenters. The van der Waals surface area contributed by atoms with E-state index >= 15 is 0 Å². The average Bonchev–Trinajstić information content (AvgIpc) is 2.99. The quantitative estimate of drug-likeness (QED) is 0.642. The van der Waals surface area contributed by atoms with Gasteiger partial charge < -0.3 is 15.1 Å². The molecule has 0 spiro atoms. The number of guanidine groups is 1. The lowest BCUT2D eigenvalue weighted by Crippen LogP contribution is -2.45. The Balaban J connectivity index is 1.48. The minimum atomic E-state index is 0.787. The van der Waals surface area contributed by atoms with Crippen LogP contribution in [0, 0.1) is 17.8 Å². The van der Waals surface area contributed by atoms with Gasteiger partial charge in [0.05, 0.1) is 0 Å². The molecule has 2 heterocycles. The first-order valence-electron chi connectivity index (χ1n) is 9.48. The number of aliphatic imine (C=N–C) groups is 1. The smallest absolute Gasteiger partial charge is 0.193 e. The summed E-state index contributed by atoms with van der Waals surface area (Å²) < 4.78 is 0. The second-order valence-corrected chi connectivity index (χ2v) is 7.54. The van der Waals surface area contributed by atoms with Gasteiger partial charge in [-0.15, -0.1) is 0 Å². The summed E-state index contributed by atoms with van der Waals surface area (Å²) in [5, 5.41) is 3.68. The lowest BCUT2D eigenvalue weighted by Gasteiger charge is -2.33. The van der Waals surface area contributed by atoms with E-state index in [2.05, 4.69) is 27.0 Å². The highest BCUT2D eigenvalue weighted by Gasteiger charge is 2.35. The van der Waals surface area contributed by atoms with E-state index in [0.717, 1.165) is 30.3 Å². The zero-order valence-corrected chi connectivity index (χ0v) is 14.6. The first-order valence-corrected chi connectivity index (χ1v) is 9.48. The molecule has 0 bridgehead atoms. The number of hydrogen-bond acceptors (Lipinski definition) is 2. The maximum Gasteiger partial charge on any atom is 0.193 e. The van der Waals surface area contributed by atoms with Crippen molar-refractivity contribution >= 4 is 5.96 Å². The van der Waals surface area contributed by atoms with Crippen LogP contribution in [0.4, 0.5) is 0 Å². The van der Waals surface area contributed by atoms with Crippen molar-refractivity contribution in [2.75, 3.05) is 46.3 Å². The Morgan fingerprint density at radius 1 is 1.05 bits per heavy atom. The second kappa shape index (κ2) is 7.67. The number of fused-ring (bicyclic) bond motifs is 1. The van der Waals surface area contributed by atoms with Crippen molar-refractivity contribution in [2.24, 2.45) is 22.7 Å². The van der Waals surface area contributed by atoms with Crippen LogP contribution < -0.4 is 5.32 Å². The standard InChI is InChI=1S/C18H34N4/c1-3-21-10-6-7-15(12-21)11-20-18(19-2)22-13-16-8-4-5-9-17(16)14-22/h15-17H,3-14H2,1-2H3,(H,19,20). The van der Waals surface area contributed by atoms with E-state index < -0.39 is 0 Å². The van der Waals surface area contributed by atoms with E-state index in [1.54, 1.807) is 0 Å².